The summed E-state index contributed by atoms with van der Waals surface area (Å²) in [6.07, 6.45) is 4.78. The van der Waals surface area contributed by atoms with Crippen LogP contribution in [0.2, 0.25) is 0 Å². The number of anilines is 1. The van der Waals surface area contributed by atoms with Crippen LogP contribution in [0.1, 0.15) is 17.5 Å². The zero-order chi connectivity index (χ0) is 17.2. The second kappa shape index (κ2) is 6.69. The van der Waals surface area contributed by atoms with Crippen molar-refractivity contribution in [3.63, 3.8) is 0 Å². The maximum absolute atomic E-state index is 8.91. The predicted molar refractivity (Wildman–Crippen MR) is 94.3 cm³/mol. The van der Waals surface area contributed by atoms with Crippen LogP contribution in [0.25, 0.3) is 0 Å². The van der Waals surface area contributed by atoms with Gasteiger partial charge >= 0.3 is 0 Å². The number of fused-ring (bicyclic) bond motifs is 1. The van der Waals surface area contributed by atoms with E-state index in [2.05, 4.69) is 31.9 Å². The van der Waals surface area contributed by atoms with E-state index in [0.717, 1.165) is 32.0 Å². The number of hydrogen-bond acceptors (Lipinski definition) is 6. The number of aromatic nitrogens is 2. The summed E-state index contributed by atoms with van der Waals surface area (Å²) in [4.78, 5) is 13.7. The second-order valence-electron chi connectivity index (χ2n) is 6.72. The van der Waals surface area contributed by atoms with Crippen molar-refractivity contribution in [2.45, 2.75) is 19.0 Å². The first-order valence-electron chi connectivity index (χ1n) is 8.61. The molecule has 2 saturated heterocycles. The number of ether oxygens (including phenoxy) is 1. The summed E-state index contributed by atoms with van der Waals surface area (Å²) < 4.78 is 5.13. The molecule has 2 unspecified atom stereocenters. The Morgan fingerprint density at radius 1 is 1.20 bits per heavy atom. The Morgan fingerprint density at radius 2 is 2.12 bits per heavy atom. The number of hydrogen-bond donors (Lipinski definition) is 0. The Kier molecular flexibility index (Phi) is 4.24. The van der Waals surface area contributed by atoms with Gasteiger partial charge in [-0.05, 0) is 36.6 Å². The molecule has 0 aromatic carbocycles. The Balaban J connectivity index is 1.42. The van der Waals surface area contributed by atoms with E-state index >= 15 is 0 Å². The number of likely N-dealkylation sites (tertiary alicyclic amines) is 1. The van der Waals surface area contributed by atoms with Crippen LogP contribution in [-0.2, 0) is 6.54 Å². The summed E-state index contributed by atoms with van der Waals surface area (Å²) in [6, 6.07) is 10.5. The van der Waals surface area contributed by atoms with E-state index in [9.17, 15) is 0 Å². The fourth-order valence-corrected chi connectivity index (χ4v) is 3.93. The van der Waals surface area contributed by atoms with Crippen LogP contribution in [0.5, 0.6) is 5.88 Å². The van der Waals surface area contributed by atoms with Gasteiger partial charge in [-0.2, -0.15) is 5.26 Å². The summed E-state index contributed by atoms with van der Waals surface area (Å²) >= 11 is 0. The third kappa shape index (κ3) is 3.15. The number of nitrogens with zero attached hydrogens (tertiary/aromatic N) is 5. The molecule has 6 heteroatoms. The molecule has 0 saturated carbocycles. The van der Waals surface area contributed by atoms with Crippen molar-refractivity contribution >= 4 is 5.82 Å². The molecule has 0 N–H and O–H groups in total. The molecule has 0 bridgehead atoms. The first-order valence-corrected chi connectivity index (χ1v) is 8.61. The third-order valence-electron chi connectivity index (χ3n) is 5.26. The number of pyridine rings is 2. The lowest BCUT2D eigenvalue weighted by molar-refractivity contribution is 0.245. The number of methoxy groups -OCH3 is 1. The highest BCUT2D eigenvalue weighted by Crippen LogP contribution is 2.34. The molecule has 2 aromatic rings. The van der Waals surface area contributed by atoms with Gasteiger partial charge in [0, 0.05) is 44.1 Å². The minimum Gasteiger partial charge on any atom is -0.481 e. The van der Waals surface area contributed by atoms with Crippen molar-refractivity contribution in [2.24, 2.45) is 5.92 Å². The molecular formula is C19H21N5O. The molecule has 128 valence electrons. The lowest BCUT2D eigenvalue weighted by Gasteiger charge is -2.25. The number of rotatable bonds is 4. The van der Waals surface area contributed by atoms with Gasteiger partial charge in [0.15, 0.2) is 0 Å². The SMILES string of the molecule is COc1ccc(CN2CCC3CN(c4ccc(C#N)cn4)CC32)cn1. The van der Waals surface area contributed by atoms with Crippen LogP contribution in [0.3, 0.4) is 0 Å². The van der Waals surface area contributed by atoms with Gasteiger partial charge in [-0.1, -0.05) is 6.07 Å². The van der Waals surface area contributed by atoms with Gasteiger partial charge in [0.2, 0.25) is 5.88 Å². The maximum atomic E-state index is 8.91. The molecule has 4 rings (SSSR count). The quantitative estimate of drug-likeness (QED) is 0.852. The first-order chi connectivity index (χ1) is 12.3. The van der Waals surface area contributed by atoms with Crippen molar-refractivity contribution in [3.8, 4) is 11.9 Å². The zero-order valence-corrected chi connectivity index (χ0v) is 14.3. The van der Waals surface area contributed by atoms with E-state index in [1.807, 2.05) is 24.4 Å². The standard InChI is InChI=1S/C19H21N5O/c1-25-19-5-3-15(10-22-19)11-23-7-6-16-12-24(13-17(16)23)18-4-2-14(8-20)9-21-18/h2-5,9-10,16-17H,6-7,11-13H2,1H3. The summed E-state index contributed by atoms with van der Waals surface area (Å²) in [7, 11) is 1.64. The smallest absolute Gasteiger partial charge is 0.212 e. The normalized spacial score (nSPS) is 22.6. The van der Waals surface area contributed by atoms with Crippen LogP contribution in [-0.4, -0.2) is 47.7 Å². The van der Waals surface area contributed by atoms with Gasteiger partial charge in [0.25, 0.3) is 0 Å². The topological polar surface area (TPSA) is 65.3 Å². The fraction of sp³-hybridized carbons (Fsp3) is 0.421. The monoisotopic (exact) mass is 335 g/mol. The van der Waals surface area contributed by atoms with Gasteiger partial charge in [0.05, 0.1) is 12.7 Å². The Morgan fingerprint density at radius 3 is 2.80 bits per heavy atom. The highest BCUT2D eigenvalue weighted by molar-refractivity contribution is 5.43. The maximum Gasteiger partial charge on any atom is 0.212 e. The predicted octanol–water partition coefficient (Wildman–Crippen LogP) is 2.07. The lowest BCUT2D eigenvalue weighted by atomic mass is 10.1. The summed E-state index contributed by atoms with van der Waals surface area (Å²) in [5, 5.41) is 8.91. The molecule has 2 atom stereocenters. The second-order valence-corrected chi connectivity index (χ2v) is 6.72. The Hall–Kier alpha value is -2.65. The van der Waals surface area contributed by atoms with Gasteiger partial charge in [-0.25, -0.2) is 9.97 Å². The molecule has 0 aliphatic carbocycles. The summed E-state index contributed by atoms with van der Waals surface area (Å²) in [6.45, 7) is 4.09. The molecule has 25 heavy (non-hydrogen) atoms. The molecule has 2 fully saturated rings. The summed E-state index contributed by atoms with van der Waals surface area (Å²) in [5.41, 5.74) is 1.83. The molecule has 0 amide bonds. The van der Waals surface area contributed by atoms with E-state index in [1.165, 1.54) is 12.0 Å². The average molecular weight is 335 g/mol. The first kappa shape index (κ1) is 15.9. The van der Waals surface area contributed by atoms with Gasteiger partial charge < -0.3 is 9.64 Å². The highest BCUT2D eigenvalue weighted by atomic mass is 16.5. The van der Waals surface area contributed by atoms with Crippen LogP contribution in [0.4, 0.5) is 5.82 Å². The van der Waals surface area contributed by atoms with E-state index in [1.54, 1.807) is 13.3 Å². The van der Waals surface area contributed by atoms with Crippen LogP contribution >= 0.6 is 0 Å². The Labute approximate surface area is 147 Å². The molecule has 2 aliphatic heterocycles. The van der Waals surface area contributed by atoms with Crippen LogP contribution in [0.15, 0.2) is 36.7 Å². The minimum atomic E-state index is 0.555. The minimum absolute atomic E-state index is 0.555. The van der Waals surface area contributed by atoms with E-state index < -0.39 is 0 Å². The fourth-order valence-electron chi connectivity index (χ4n) is 3.93. The van der Waals surface area contributed by atoms with E-state index in [0.29, 0.717) is 23.4 Å². The van der Waals surface area contributed by atoms with Gasteiger partial charge in [-0.3, -0.25) is 4.90 Å². The van der Waals surface area contributed by atoms with Crippen LogP contribution in [0, 0.1) is 17.2 Å². The van der Waals surface area contributed by atoms with Crippen LogP contribution < -0.4 is 9.64 Å². The van der Waals surface area contributed by atoms with Crippen molar-refractivity contribution < 1.29 is 4.74 Å². The van der Waals surface area contributed by atoms with E-state index in [-0.39, 0.29) is 0 Å². The van der Waals surface area contributed by atoms with Gasteiger partial charge in [-0.15, -0.1) is 0 Å². The van der Waals surface area contributed by atoms with Gasteiger partial charge in [0.1, 0.15) is 11.9 Å². The molecule has 0 spiro atoms. The molecular weight excluding hydrogens is 314 g/mol. The molecule has 2 aromatic heterocycles. The molecule has 2 aliphatic rings. The summed E-state index contributed by atoms with van der Waals surface area (Å²) in [5.74, 6) is 2.31. The lowest BCUT2D eigenvalue weighted by Crippen LogP contribution is -2.35. The average Bonchev–Trinajstić information content (AvgIpc) is 3.24. The van der Waals surface area contributed by atoms with Crippen molar-refractivity contribution in [2.75, 3.05) is 31.6 Å². The Bertz CT molecular complexity index is 768. The van der Waals surface area contributed by atoms with Crippen molar-refractivity contribution in [3.05, 3.63) is 47.8 Å². The highest BCUT2D eigenvalue weighted by Gasteiger charge is 2.41. The molecule has 4 heterocycles. The largest absolute Gasteiger partial charge is 0.481 e. The molecule has 6 nitrogen and oxygen atoms in total. The van der Waals surface area contributed by atoms with Crippen molar-refractivity contribution in [1.82, 2.24) is 14.9 Å². The third-order valence-corrected chi connectivity index (χ3v) is 5.26. The molecule has 0 radical (unpaired) electrons. The van der Waals surface area contributed by atoms with E-state index in [4.69, 9.17) is 10.00 Å². The van der Waals surface area contributed by atoms with Crippen molar-refractivity contribution in [1.29, 1.82) is 5.26 Å². The number of nitriles is 1. The zero-order valence-electron chi connectivity index (χ0n) is 14.3.